The highest BCUT2D eigenvalue weighted by atomic mass is 19.1. The van der Waals surface area contributed by atoms with Crippen molar-refractivity contribution in [3.8, 4) is 5.75 Å². The van der Waals surface area contributed by atoms with E-state index in [1.807, 2.05) is 48.9 Å². The zero-order valence-electron chi connectivity index (χ0n) is 14.7. The number of benzene rings is 2. The number of nitrogens with zero attached hydrogens (tertiary/aromatic N) is 2. The number of hydrogen-bond acceptors (Lipinski definition) is 3. The van der Waals surface area contributed by atoms with Crippen LogP contribution < -0.4 is 10.1 Å². The minimum absolute atomic E-state index is 0.0102. The molecule has 2 atom stereocenters. The number of fused-ring (bicyclic) bond motifs is 2. The van der Waals surface area contributed by atoms with Crippen molar-refractivity contribution >= 4 is 16.9 Å². The van der Waals surface area contributed by atoms with E-state index < -0.39 is 6.10 Å². The molecule has 1 aliphatic rings. The van der Waals surface area contributed by atoms with Gasteiger partial charge in [0.05, 0.1) is 5.52 Å². The highest BCUT2D eigenvalue weighted by molar-refractivity contribution is 5.83. The van der Waals surface area contributed by atoms with E-state index in [1.165, 1.54) is 6.07 Å². The van der Waals surface area contributed by atoms with Crippen LogP contribution in [0.25, 0.3) is 11.0 Å². The van der Waals surface area contributed by atoms with Crippen molar-refractivity contribution in [3.63, 3.8) is 0 Å². The molecule has 0 spiro atoms. The molecule has 1 aromatic heterocycles. The normalized spacial score (nSPS) is 18.6. The number of hydrogen-bond donors (Lipinski definition) is 1. The Balaban J connectivity index is 1.41. The summed E-state index contributed by atoms with van der Waals surface area (Å²) < 4.78 is 21.5. The van der Waals surface area contributed by atoms with Crippen molar-refractivity contribution in [2.24, 2.45) is 7.05 Å². The smallest absolute Gasteiger partial charge is 0.261 e. The van der Waals surface area contributed by atoms with Crippen LogP contribution in [0.1, 0.15) is 24.2 Å². The second-order valence-electron chi connectivity index (χ2n) is 6.60. The molecule has 0 bridgehead atoms. The molecular formula is C20H20FN3O2. The molecule has 1 aliphatic heterocycles. The number of imidazole rings is 1. The predicted octanol–water partition coefficient (Wildman–Crippen LogP) is 2.94. The fourth-order valence-electron chi connectivity index (χ4n) is 3.50. The molecule has 2 heterocycles. The van der Waals surface area contributed by atoms with Crippen LogP contribution in [-0.4, -0.2) is 28.1 Å². The first-order valence-electron chi connectivity index (χ1n) is 8.69. The van der Waals surface area contributed by atoms with Crippen molar-refractivity contribution in [3.05, 3.63) is 59.7 Å². The van der Waals surface area contributed by atoms with E-state index in [0.29, 0.717) is 18.5 Å². The Morgan fingerprint density at radius 1 is 1.27 bits per heavy atom. The number of carbonyl (C=O) groups excluding carboxylic acids is 1. The number of aryl methyl sites for hydroxylation is 1. The molecule has 1 amide bonds. The van der Waals surface area contributed by atoms with Crippen LogP contribution in [0.2, 0.25) is 0 Å². The lowest BCUT2D eigenvalue weighted by Crippen LogP contribution is -2.39. The van der Waals surface area contributed by atoms with E-state index in [2.05, 4.69) is 10.3 Å². The number of aromatic nitrogens is 2. The van der Waals surface area contributed by atoms with Gasteiger partial charge in [-0.25, -0.2) is 9.37 Å². The van der Waals surface area contributed by atoms with E-state index in [9.17, 15) is 9.18 Å². The Bertz CT molecular complexity index is 982. The van der Waals surface area contributed by atoms with Crippen molar-refractivity contribution < 1.29 is 13.9 Å². The van der Waals surface area contributed by atoms with Crippen LogP contribution in [-0.2, 0) is 18.3 Å². The van der Waals surface area contributed by atoms with Crippen LogP contribution >= 0.6 is 0 Å². The van der Waals surface area contributed by atoms with Crippen LogP contribution in [0.5, 0.6) is 5.75 Å². The molecule has 0 radical (unpaired) electrons. The quantitative estimate of drug-likeness (QED) is 0.785. The minimum atomic E-state index is -0.523. The fraction of sp³-hybridized carbons (Fsp3) is 0.300. The first-order valence-corrected chi connectivity index (χ1v) is 8.69. The highest BCUT2D eigenvalue weighted by Crippen LogP contribution is 2.37. The molecule has 6 heteroatoms. The molecule has 2 aromatic carbocycles. The summed E-state index contributed by atoms with van der Waals surface area (Å²) in [6.07, 6.45) is -0.00462. The maximum absolute atomic E-state index is 13.8. The minimum Gasteiger partial charge on any atom is -0.480 e. The Kier molecular flexibility index (Phi) is 4.11. The number of amides is 1. The van der Waals surface area contributed by atoms with Crippen molar-refractivity contribution in [2.75, 3.05) is 6.54 Å². The van der Waals surface area contributed by atoms with Crippen molar-refractivity contribution in [1.29, 1.82) is 0 Å². The van der Waals surface area contributed by atoms with Gasteiger partial charge < -0.3 is 14.6 Å². The SMILES string of the molecule is C[C@H]1c2ccccc2O[C@H]1C(=O)NCCc1nc2c(F)cccc2n1C. The Hall–Kier alpha value is -2.89. The molecule has 5 nitrogen and oxygen atoms in total. The third-order valence-corrected chi connectivity index (χ3v) is 4.98. The molecule has 1 N–H and O–H groups in total. The summed E-state index contributed by atoms with van der Waals surface area (Å²) in [7, 11) is 1.85. The third kappa shape index (κ3) is 2.71. The van der Waals surface area contributed by atoms with E-state index in [-0.39, 0.29) is 17.6 Å². The second-order valence-corrected chi connectivity index (χ2v) is 6.60. The molecule has 0 aliphatic carbocycles. The maximum atomic E-state index is 13.8. The standard InChI is InChI=1S/C20H20FN3O2/c1-12-13-6-3-4-9-16(13)26-19(12)20(25)22-11-10-17-23-18-14(21)7-5-8-15(18)24(17)2/h3-9,12,19H,10-11H2,1-2H3,(H,22,25)/t12-,19+/m0/s1. The number of nitrogens with one attached hydrogen (secondary N) is 1. The summed E-state index contributed by atoms with van der Waals surface area (Å²) in [5, 5.41) is 2.91. The van der Waals surface area contributed by atoms with Crippen LogP contribution in [0.4, 0.5) is 4.39 Å². The van der Waals surface area contributed by atoms with Gasteiger partial charge in [-0.3, -0.25) is 4.79 Å². The lowest BCUT2D eigenvalue weighted by molar-refractivity contribution is -0.127. The summed E-state index contributed by atoms with van der Waals surface area (Å²) in [5.41, 5.74) is 2.16. The molecule has 26 heavy (non-hydrogen) atoms. The van der Waals surface area contributed by atoms with Gasteiger partial charge in [-0.05, 0) is 18.2 Å². The second kappa shape index (κ2) is 6.44. The summed E-state index contributed by atoms with van der Waals surface area (Å²) in [5.74, 6) is 1.04. The summed E-state index contributed by atoms with van der Waals surface area (Å²) in [4.78, 5) is 16.9. The van der Waals surface area contributed by atoms with Gasteiger partial charge >= 0.3 is 0 Å². The van der Waals surface area contributed by atoms with Crippen LogP contribution in [0.15, 0.2) is 42.5 Å². The van der Waals surface area contributed by atoms with Gasteiger partial charge in [0.15, 0.2) is 11.9 Å². The van der Waals surface area contributed by atoms with E-state index in [1.54, 1.807) is 6.07 Å². The number of carbonyl (C=O) groups is 1. The van der Waals surface area contributed by atoms with Crippen molar-refractivity contribution in [1.82, 2.24) is 14.9 Å². The first-order chi connectivity index (χ1) is 12.6. The monoisotopic (exact) mass is 353 g/mol. The van der Waals surface area contributed by atoms with Crippen LogP contribution in [0.3, 0.4) is 0 Å². The molecule has 0 fully saturated rings. The van der Waals surface area contributed by atoms with Crippen LogP contribution in [0, 0.1) is 5.82 Å². The van der Waals surface area contributed by atoms with E-state index in [0.717, 1.165) is 22.7 Å². The summed E-state index contributed by atoms with van der Waals surface area (Å²) in [6.45, 7) is 2.41. The average molecular weight is 353 g/mol. The van der Waals surface area contributed by atoms with Crippen molar-refractivity contribution in [2.45, 2.75) is 25.4 Å². The van der Waals surface area contributed by atoms with Gasteiger partial charge in [0.25, 0.3) is 5.91 Å². The number of rotatable bonds is 4. The van der Waals surface area contributed by atoms with Gasteiger partial charge in [-0.1, -0.05) is 31.2 Å². The van der Waals surface area contributed by atoms with E-state index in [4.69, 9.17) is 4.74 Å². The molecule has 0 saturated carbocycles. The summed E-state index contributed by atoms with van der Waals surface area (Å²) >= 11 is 0. The number of halogens is 1. The van der Waals surface area contributed by atoms with Gasteiger partial charge in [0, 0.05) is 31.5 Å². The summed E-state index contributed by atoms with van der Waals surface area (Å²) in [6, 6.07) is 12.6. The zero-order valence-corrected chi connectivity index (χ0v) is 14.7. The molecule has 0 saturated heterocycles. The topological polar surface area (TPSA) is 56.1 Å². The first kappa shape index (κ1) is 16.6. The average Bonchev–Trinajstić information content (AvgIpc) is 3.15. The zero-order chi connectivity index (χ0) is 18.3. The Morgan fingerprint density at radius 2 is 2.08 bits per heavy atom. The van der Waals surface area contributed by atoms with E-state index >= 15 is 0 Å². The van der Waals surface area contributed by atoms with Gasteiger partial charge in [-0.15, -0.1) is 0 Å². The maximum Gasteiger partial charge on any atom is 0.261 e. The predicted molar refractivity (Wildman–Crippen MR) is 96.7 cm³/mol. The Morgan fingerprint density at radius 3 is 2.85 bits per heavy atom. The fourth-order valence-corrected chi connectivity index (χ4v) is 3.50. The largest absolute Gasteiger partial charge is 0.480 e. The molecule has 3 aromatic rings. The molecular weight excluding hydrogens is 333 g/mol. The number of para-hydroxylation sites is 2. The number of ether oxygens (including phenoxy) is 1. The molecule has 4 rings (SSSR count). The van der Waals surface area contributed by atoms with Gasteiger partial charge in [-0.2, -0.15) is 0 Å². The lowest BCUT2D eigenvalue weighted by atomic mass is 9.97. The van der Waals surface area contributed by atoms with Gasteiger partial charge in [0.1, 0.15) is 17.1 Å². The highest BCUT2D eigenvalue weighted by Gasteiger charge is 2.35. The lowest BCUT2D eigenvalue weighted by Gasteiger charge is -2.15. The Labute approximate surface area is 150 Å². The third-order valence-electron chi connectivity index (χ3n) is 4.98. The van der Waals surface area contributed by atoms with Gasteiger partial charge in [0.2, 0.25) is 0 Å². The molecule has 134 valence electrons. The molecule has 0 unspecified atom stereocenters.